The number of nitro groups is 1. The molecule has 0 unspecified atom stereocenters. The highest BCUT2D eigenvalue weighted by molar-refractivity contribution is 5.85. The second-order valence-electron chi connectivity index (χ2n) is 2.31. The number of hydrogen-bond donors (Lipinski definition) is 2. The van der Waals surface area contributed by atoms with Crippen LogP contribution in [0.5, 0.6) is 0 Å². The first kappa shape index (κ1) is 11.8. The molecule has 0 aliphatic rings. The molecular weight excluding hydrogens is 194 g/mol. The number of halogens is 1. The van der Waals surface area contributed by atoms with E-state index in [0.29, 0.717) is 6.54 Å². The Balaban J connectivity index is 0.00000144. The Kier molecular flexibility index (Phi) is 4.98. The summed E-state index contributed by atoms with van der Waals surface area (Å²) >= 11 is 0. The van der Waals surface area contributed by atoms with Crippen molar-refractivity contribution in [2.24, 2.45) is 5.84 Å². The number of rotatable bonds is 3. The first-order chi connectivity index (χ1) is 5.74. The molecule has 0 aliphatic carbocycles. The molecule has 0 heterocycles. The van der Waals surface area contributed by atoms with Gasteiger partial charge in [0.15, 0.2) is 0 Å². The Hall–Kier alpha value is -1.17. The SMILES string of the molecule is Cl.NNCc1cccc([N+](=O)[O-])c1. The Labute approximate surface area is 81.5 Å². The molecule has 0 atom stereocenters. The van der Waals surface area contributed by atoms with Gasteiger partial charge < -0.3 is 0 Å². The van der Waals surface area contributed by atoms with E-state index < -0.39 is 4.92 Å². The summed E-state index contributed by atoms with van der Waals surface area (Å²) in [6.07, 6.45) is 0. The monoisotopic (exact) mass is 203 g/mol. The molecule has 0 amide bonds. The quantitative estimate of drug-likeness (QED) is 0.436. The molecule has 1 rings (SSSR count). The lowest BCUT2D eigenvalue weighted by molar-refractivity contribution is -0.384. The number of hydrogen-bond acceptors (Lipinski definition) is 4. The minimum absolute atomic E-state index is 0. The van der Waals surface area contributed by atoms with Gasteiger partial charge in [0.05, 0.1) is 4.92 Å². The highest BCUT2D eigenvalue weighted by Gasteiger charge is 2.03. The van der Waals surface area contributed by atoms with Crippen LogP contribution >= 0.6 is 12.4 Å². The van der Waals surface area contributed by atoms with Gasteiger partial charge in [-0.3, -0.25) is 21.4 Å². The van der Waals surface area contributed by atoms with Crippen LogP contribution in [-0.2, 0) is 6.54 Å². The van der Waals surface area contributed by atoms with Crippen LogP contribution < -0.4 is 11.3 Å². The van der Waals surface area contributed by atoms with Crippen LogP contribution in [-0.4, -0.2) is 4.92 Å². The fraction of sp³-hybridized carbons (Fsp3) is 0.143. The second kappa shape index (κ2) is 5.47. The average Bonchev–Trinajstić information content (AvgIpc) is 2.05. The van der Waals surface area contributed by atoms with E-state index in [4.69, 9.17) is 5.84 Å². The van der Waals surface area contributed by atoms with Crippen LogP contribution in [0.1, 0.15) is 5.56 Å². The topological polar surface area (TPSA) is 81.2 Å². The number of benzene rings is 1. The lowest BCUT2D eigenvalue weighted by atomic mass is 10.2. The van der Waals surface area contributed by atoms with Crippen molar-refractivity contribution in [3.8, 4) is 0 Å². The van der Waals surface area contributed by atoms with Gasteiger partial charge in [0.25, 0.3) is 5.69 Å². The molecular formula is C7H10ClN3O2. The van der Waals surface area contributed by atoms with E-state index in [9.17, 15) is 10.1 Å². The highest BCUT2D eigenvalue weighted by atomic mass is 35.5. The lowest BCUT2D eigenvalue weighted by Crippen LogP contribution is -2.20. The maximum atomic E-state index is 10.3. The fourth-order valence-corrected chi connectivity index (χ4v) is 0.898. The number of hydrazine groups is 1. The summed E-state index contributed by atoms with van der Waals surface area (Å²) in [7, 11) is 0. The van der Waals surface area contributed by atoms with Crippen LogP contribution in [0.4, 0.5) is 5.69 Å². The number of non-ortho nitro benzene ring substituents is 1. The van der Waals surface area contributed by atoms with Crippen LogP contribution in [0, 0.1) is 10.1 Å². The van der Waals surface area contributed by atoms with Crippen molar-refractivity contribution in [1.29, 1.82) is 0 Å². The third kappa shape index (κ3) is 3.37. The summed E-state index contributed by atoms with van der Waals surface area (Å²) in [6, 6.07) is 6.33. The van der Waals surface area contributed by atoms with Gasteiger partial charge in [-0.1, -0.05) is 12.1 Å². The van der Waals surface area contributed by atoms with Crippen LogP contribution in [0.3, 0.4) is 0 Å². The standard InChI is InChI=1S/C7H9N3O2.ClH/c8-9-5-6-2-1-3-7(4-6)10(11)12;/h1-4,9H,5,8H2;1H. The van der Waals surface area contributed by atoms with Crippen molar-refractivity contribution in [2.45, 2.75) is 6.54 Å². The van der Waals surface area contributed by atoms with Gasteiger partial charge in [-0.25, -0.2) is 0 Å². The van der Waals surface area contributed by atoms with Gasteiger partial charge in [-0.05, 0) is 5.56 Å². The predicted octanol–water partition coefficient (Wildman–Crippen LogP) is 0.980. The van der Waals surface area contributed by atoms with Crippen molar-refractivity contribution in [1.82, 2.24) is 5.43 Å². The summed E-state index contributed by atoms with van der Waals surface area (Å²) in [5.41, 5.74) is 3.31. The van der Waals surface area contributed by atoms with E-state index >= 15 is 0 Å². The van der Waals surface area contributed by atoms with Gasteiger partial charge in [0.1, 0.15) is 0 Å². The number of nitrogens with two attached hydrogens (primary N) is 1. The molecule has 1 aromatic rings. The second-order valence-corrected chi connectivity index (χ2v) is 2.31. The summed E-state index contributed by atoms with van der Waals surface area (Å²) in [5, 5.41) is 10.3. The van der Waals surface area contributed by atoms with Gasteiger partial charge >= 0.3 is 0 Å². The number of nitrogens with zero attached hydrogens (tertiary/aromatic N) is 1. The molecule has 0 spiro atoms. The van der Waals surface area contributed by atoms with Crippen LogP contribution in [0.15, 0.2) is 24.3 Å². The third-order valence-electron chi connectivity index (χ3n) is 1.43. The number of nitro benzene ring substituents is 1. The Morgan fingerprint density at radius 3 is 2.77 bits per heavy atom. The van der Waals surface area contributed by atoms with E-state index in [1.54, 1.807) is 12.1 Å². The van der Waals surface area contributed by atoms with Gasteiger partial charge in [0.2, 0.25) is 0 Å². The lowest BCUT2D eigenvalue weighted by Gasteiger charge is -1.98. The summed E-state index contributed by atoms with van der Waals surface area (Å²) in [6.45, 7) is 0.432. The maximum Gasteiger partial charge on any atom is 0.269 e. The molecule has 0 aliphatic heterocycles. The molecule has 5 nitrogen and oxygen atoms in total. The molecule has 0 aromatic heterocycles. The zero-order valence-electron chi connectivity index (χ0n) is 6.77. The molecule has 6 heteroatoms. The van der Waals surface area contributed by atoms with Crippen molar-refractivity contribution in [3.05, 3.63) is 39.9 Å². The molecule has 1 aromatic carbocycles. The zero-order chi connectivity index (χ0) is 8.97. The molecule has 0 radical (unpaired) electrons. The Bertz CT molecular complexity index is 293. The molecule has 13 heavy (non-hydrogen) atoms. The van der Waals surface area contributed by atoms with E-state index in [0.717, 1.165) is 5.56 Å². The summed E-state index contributed by atoms with van der Waals surface area (Å²) in [5.74, 6) is 5.07. The Morgan fingerprint density at radius 1 is 1.54 bits per heavy atom. The fourth-order valence-electron chi connectivity index (χ4n) is 0.898. The predicted molar refractivity (Wildman–Crippen MR) is 51.4 cm³/mol. The van der Waals surface area contributed by atoms with Gasteiger partial charge in [-0.2, -0.15) is 0 Å². The van der Waals surface area contributed by atoms with Gasteiger partial charge in [0, 0.05) is 18.7 Å². The first-order valence-corrected chi connectivity index (χ1v) is 3.41. The molecule has 0 saturated heterocycles. The minimum Gasteiger partial charge on any atom is -0.271 e. The van der Waals surface area contributed by atoms with Gasteiger partial charge in [-0.15, -0.1) is 12.4 Å². The van der Waals surface area contributed by atoms with E-state index in [2.05, 4.69) is 5.43 Å². The molecule has 72 valence electrons. The van der Waals surface area contributed by atoms with Crippen LogP contribution in [0.25, 0.3) is 0 Å². The zero-order valence-corrected chi connectivity index (χ0v) is 7.58. The molecule has 0 saturated carbocycles. The largest absolute Gasteiger partial charge is 0.271 e. The molecule has 0 bridgehead atoms. The van der Waals surface area contributed by atoms with Crippen molar-refractivity contribution < 1.29 is 4.92 Å². The van der Waals surface area contributed by atoms with Crippen molar-refractivity contribution in [2.75, 3.05) is 0 Å². The molecule has 3 N–H and O–H groups in total. The number of nitrogens with one attached hydrogen (secondary N) is 1. The van der Waals surface area contributed by atoms with E-state index in [1.807, 2.05) is 0 Å². The van der Waals surface area contributed by atoms with E-state index in [-0.39, 0.29) is 18.1 Å². The average molecular weight is 204 g/mol. The molecule has 0 fully saturated rings. The Morgan fingerprint density at radius 2 is 2.23 bits per heavy atom. The first-order valence-electron chi connectivity index (χ1n) is 3.41. The van der Waals surface area contributed by atoms with Crippen LogP contribution in [0.2, 0.25) is 0 Å². The maximum absolute atomic E-state index is 10.3. The highest BCUT2D eigenvalue weighted by Crippen LogP contribution is 2.12. The third-order valence-corrected chi connectivity index (χ3v) is 1.43. The van der Waals surface area contributed by atoms with Crippen molar-refractivity contribution in [3.63, 3.8) is 0 Å². The smallest absolute Gasteiger partial charge is 0.269 e. The summed E-state index contributed by atoms with van der Waals surface area (Å²) < 4.78 is 0. The minimum atomic E-state index is -0.431. The van der Waals surface area contributed by atoms with E-state index in [1.165, 1.54) is 12.1 Å². The normalized spacial score (nSPS) is 9.00. The summed E-state index contributed by atoms with van der Waals surface area (Å²) in [4.78, 5) is 9.88. The van der Waals surface area contributed by atoms with Crippen molar-refractivity contribution >= 4 is 18.1 Å².